The maximum absolute atomic E-state index is 12.6. The molecule has 4 rings (SSSR count). The van der Waals surface area contributed by atoms with Crippen LogP contribution >= 0.6 is 0 Å². The standard InChI is InChI=1S/C19H21NO4/c1-10-4-3-5-14(11(10)2)24-15(21)9-20-18(22)16-12-6-7-13(8-12)17(16)19(20)23/h3-5,12-13,16-17H,6-9H2,1-2H3/t12-,13-,16+,17+/m0/s1. The smallest absolute Gasteiger partial charge is 0.331 e. The first-order valence-corrected chi connectivity index (χ1v) is 8.59. The minimum atomic E-state index is -0.558. The van der Waals surface area contributed by atoms with E-state index in [2.05, 4.69) is 0 Å². The number of aryl methyl sites for hydroxylation is 1. The van der Waals surface area contributed by atoms with Crippen molar-refractivity contribution >= 4 is 17.8 Å². The van der Waals surface area contributed by atoms with Gasteiger partial charge in [0, 0.05) is 0 Å². The fraction of sp³-hybridized carbons (Fsp3) is 0.526. The van der Waals surface area contributed by atoms with E-state index in [1.165, 1.54) is 0 Å². The van der Waals surface area contributed by atoms with E-state index >= 15 is 0 Å². The quantitative estimate of drug-likeness (QED) is 0.485. The van der Waals surface area contributed by atoms with Crippen LogP contribution in [0.4, 0.5) is 0 Å². The predicted octanol–water partition coefficient (Wildman–Crippen LogP) is 2.24. The number of nitrogens with zero attached hydrogens (tertiary/aromatic N) is 1. The molecule has 126 valence electrons. The molecular formula is C19H21NO4. The van der Waals surface area contributed by atoms with Crippen LogP contribution in [0.2, 0.25) is 0 Å². The zero-order valence-corrected chi connectivity index (χ0v) is 14.0. The number of imide groups is 1. The Kier molecular flexibility index (Phi) is 3.48. The molecule has 24 heavy (non-hydrogen) atoms. The number of ether oxygens (including phenoxy) is 1. The number of hydrogen-bond donors (Lipinski definition) is 0. The zero-order valence-electron chi connectivity index (χ0n) is 14.0. The third-order valence-electron chi connectivity index (χ3n) is 6.08. The van der Waals surface area contributed by atoms with E-state index in [0.29, 0.717) is 17.6 Å². The van der Waals surface area contributed by atoms with Gasteiger partial charge in [-0.1, -0.05) is 12.1 Å². The van der Waals surface area contributed by atoms with E-state index in [4.69, 9.17) is 4.74 Å². The summed E-state index contributed by atoms with van der Waals surface area (Å²) in [6, 6.07) is 5.49. The molecule has 2 bridgehead atoms. The third-order valence-corrected chi connectivity index (χ3v) is 6.08. The van der Waals surface area contributed by atoms with Crippen LogP contribution in [-0.2, 0) is 14.4 Å². The molecular weight excluding hydrogens is 306 g/mol. The molecule has 5 nitrogen and oxygen atoms in total. The fourth-order valence-corrected chi connectivity index (χ4v) is 4.75. The molecule has 0 spiro atoms. The minimum absolute atomic E-state index is 0.171. The average Bonchev–Trinajstić information content (AvgIpc) is 3.22. The van der Waals surface area contributed by atoms with Crippen molar-refractivity contribution in [3.8, 4) is 5.75 Å². The summed E-state index contributed by atoms with van der Waals surface area (Å²) in [6.45, 7) is 3.54. The highest BCUT2D eigenvalue weighted by molar-refractivity contribution is 6.07. The van der Waals surface area contributed by atoms with Crippen LogP contribution in [0.1, 0.15) is 30.4 Å². The normalized spacial score (nSPS) is 30.8. The zero-order chi connectivity index (χ0) is 17.0. The Morgan fingerprint density at radius 3 is 2.38 bits per heavy atom. The SMILES string of the molecule is Cc1cccc(OC(=O)CN2C(=O)[C@@H]3[C@H]4CC[C@@H](C4)[C@H]3C2=O)c1C. The highest BCUT2D eigenvalue weighted by Crippen LogP contribution is 2.56. The Morgan fingerprint density at radius 1 is 1.12 bits per heavy atom. The molecule has 1 heterocycles. The molecule has 1 aliphatic heterocycles. The van der Waals surface area contributed by atoms with E-state index < -0.39 is 5.97 Å². The summed E-state index contributed by atoms with van der Waals surface area (Å²) < 4.78 is 5.39. The molecule has 2 aliphatic carbocycles. The highest BCUT2D eigenvalue weighted by atomic mass is 16.5. The van der Waals surface area contributed by atoms with Crippen LogP contribution in [0, 0.1) is 37.5 Å². The van der Waals surface area contributed by atoms with E-state index in [0.717, 1.165) is 35.3 Å². The number of esters is 1. The first kappa shape index (κ1) is 15.4. The molecule has 3 aliphatic rings. The molecule has 5 heteroatoms. The second kappa shape index (κ2) is 5.43. The Labute approximate surface area is 141 Å². The van der Waals surface area contributed by atoms with Crippen LogP contribution in [0.5, 0.6) is 5.75 Å². The van der Waals surface area contributed by atoms with Gasteiger partial charge < -0.3 is 4.74 Å². The van der Waals surface area contributed by atoms with Crippen molar-refractivity contribution in [2.75, 3.05) is 6.54 Å². The number of fused-ring (bicyclic) bond motifs is 5. The summed E-state index contributed by atoms with van der Waals surface area (Å²) in [5, 5.41) is 0. The van der Waals surface area contributed by atoms with Crippen molar-refractivity contribution in [1.82, 2.24) is 4.90 Å². The van der Waals surface area contributed by atoms with Crippen LogP contribution in [0.25, 0.3) is 0 Å². The van der Waals surface area contributed by atoms with Crippen molar-refractivity contribution in [2.45, 2.75) is 33.1 Å². The second-order valence-corrected chi connectivity index (χ2v) is 7.32. The molecule has 0 radical (unpaired) electrons. The molecule has 2 saturated carbocycles. The number of rotatable bonds is 3. The number of likely N-dealkylation sites (tertiary alicyclic amines) is 1. The number of carbonyl (C=O) groups is 3. The predicted molar refractivity (Wildman–Crippen MR) is 86.1 cm³/mol. The number of amides is 2. The van der Waals surface area contributed by atoms with Gasteiger partial charge in [0.15, 0.2) is 0 Å². The molecule has 0 unspecified atom stereocenters. The summed E-state index contributed by atoms with van der Waals surface area (Å²) in [7, 11) is 0. The van der Waals surface area contributed by atoms with E-state index in [1.807, 2.05) is 26.0 Å². The maximum Gasteiger partial charge on any atom is 0.331 e. The summed E-state index contributed by atoms with van der Waals surface area (Å²) in [5.74, 6) is -0.134. The van der Waals surface area contributed by atoms with Gasteiger partial charge in [-0.3, -0.25) is 14.5 Å². The second-order valence-electron chi connectivity index (χ2n) is 7.32. The van der Waals surface area contributed by atoms with Gasteiger partial charge in [0.2, 0.25) is 11.8 Å². The van der Waals surface area contributed by atoms with Gasteiger partial charge in [0.1, 0.15) is 12.3 Å². The van der Waals surface area contributed by atoms with Crippen molar-refractivity contribution < 1.29 is 19.1 Å². The van der Waals surface area contributed by atoms with Gasteiger partial charge in [-0.2, -0.15) is 0 Å². The van der Waals surface area contributed by atoms with Gasteiger partial charge in [0.25, 0.3) is 0 Å². The van der Waals surface area contributed by atoms with Crippen LogP contribution in [-0.4, -0.2) is 29.2 Å². The first-order valence-electron chi connectivity index (χ1n) is 8.59. The Morgan fingerprint density at radius 2 is 1.75 bits per heavy atom. The van der Waals surface area contributed by atoms with Crippen molar-refractivity contribution in [2.24, 2.45) is 23.7 Å². The molecule has 2 amide bonds. The lowest BCUT2D eigenvalue weighted by molar-refractivity contribution is -0.148. The number of benzene rings is 1. The first-order chi connectivity index (χ1) is 11.5. The lowest BCUT2D eigenvalue weighted by Gasteiger charge is -2.19. The fourth-order valence-electron chi connectivity index (χ4n) is 4.75. The van der Waals surface area contributed by atoms with Crippen molar-refractivity contribution in [3.05, 3.63) is 29.3 Å². The van der Waals surface area contributed by atoms with Gasteiger partial charge in [0.05, 0.1) is 11.8 Å². The molecule has 0 N–H and O–H groups in total. The average molecular weight is 327 g/mol. The van der Waals surface area contributed by atoms with E-state index in [9.17, 15) is 14.4 Å². The molecule has 1 saturated heterocycles. The summed E-state index contributed by atoms with van der Waals surface area (Å²) in [4.78, 5) is 38.6. The maximum atomic E-state index is 12.6. The van der Waals surface area contributed by atoms with E-state index in [1.54, 1.807) is 6.07 Å². The van der Waals surface area contributed by atoms with Crippen molar-refractivity contribution in [1.29, 1.82) is 0 Å². The Balaban J connectivity index is 1.47. The molecule has 1 aromatic carbocycles. The summed E-state index contributed by atoms with van der Waals surface area (Å²) in [6.07, 6.45) is 3.06. The van der Waals surface area contributed by atoms with Gasteiger partial charge >= 0.3 is 5.97 Å². The third kappa shape index (κ3) is 2.18. The minimum Gasteiger partial charge on any atom is -0.425 e. The van der Waals surface area contributed by atoms with Crippen LogP contribution < -0.4 is 4.74 Å². The topological polar surface area (TPSA) is 63.7 Å². The molecule has 0 aromatic heterocycles. The molecule has 3 fully saturated rings. The van der Waals surface area contributed by atoms with Crippen molar-refractivity contribution in [3.63, 3.8) is 0 Å². The largest absolute Gasteiger partial charge is 0.425 e. The summed E-state index contributed by atoms with van der Waals surface area (Å²) >= 11 is 0. The number of carbonyl (C=O) groups excluding carboxylic acids is 3. The molecule has 1 aromatic rings. The Hall–Kier alpha value is -2.17. The van der Waals surface area contributed by atoms with Gasteiger partial charge in [-0.25, -0.2) is 4.79 Å². The van der Waals surface area contributed by atoms with E-state index in [-0.39, 0.29) is 30.2 Å². The number of hydrogen-bond acceptors (Lipinski definition) is 4. The Bertz CT molecular complexity index is 713. The lowest BCUT2D eigenvalue weighted by atomic mass is 9.81. The van der Waals surface area contributed by atoms with Gasteiger partial charge in [-0.15, -0.1) is 0 Å². The van der Waals surface area contributed by atoms with Gasteiger partial charge in [-0.05, 0) is 62.1 Å². The summed E-state index contributed by atoms with van der Waals surface area (Å²) in [5.41, 5.74) is 1.92. The van der Waals surface area contributed by atoms with Crippen LogP contribution in [0.15, 0.2) is 18.2 Å². The lowest BCUT2D eigenvalue weighted by Crippen LogP contribution is -2.38. The monoisotopic (exact) mass is 327 g/mol. The van der Waals surface area contributed by atoms with Crippen LogP contribution in [0.3, 0.4) is 0 Å². The highest BCUT2D eigenvalue weighted by Gasteiger charge is 2.61. The molecule has 4 atom stereocenters.